The van der Waals surface area contributed by atoms with Crippen molar-refractivity contribution in [3.8, 4) is 5.75 Å². The van der Waals surface area contributed by atoms with Gasteiger partial charge in [-0.2, -0.15) is 0 Å². The Bertz CT molecular complexity index is 488. The lowest BCUT2D eigenvalue weighted by molar-refractivity contribution is -0.274. The summed E-state index contributed by atoms with van der Waals surface area (Å²) in [5.41, 5.74) is 0.308. The summed E-state index contributed by atoms with van der Waals surface area (Å²) in [6, 6.07) is 4.92. The maximum atomic E-state index is 12.1. The van der Waals surface area contributed by atoms with E-state index in [0.717, 1.165) is 25.1 Å². The maximum absolute atomic E-state index is 12.1. The number of rotatable bonds is 3. The highest BCUT2D eigenvalue weighted by molar-refractivity contribution is 5.94. The van der Waals surface area contributed by atoms with Crippen LogP contribution in [0.25, 0.3) is 0 Å². The standard InChI is InChI=1S/C14H17F3N2O2/c1-9-6-7-18-8-12(9)19-13(20)10-2-4-11(5-3-10)21-14(15,16)17/h2-5,9,12,18H,6-8H2,1H3,(H,19,20). The van der Waals surface area contributed by atoms with Crippen LogP contribution in [0.2, 0.25) is 0 Å². The van der Waals surface area contributed by atoms with Crippen molar-refractivity contribution in [1.29, 1.82) is 0 Å². The van der Waals surface area contributed by atoms with Crippen molar-refractivity contribution in [2.24, 2.45) is 5.92 Å². The predicted octanol–water partition coefficient (Wildman–Crippen LogP) is 2.31. The Hall–Kier alpha value is -1.76. The molecule has 7 heteroatoms. The molecule has 1 aliphatic heterocycles. The molecule has 116 valence electrons. The Morgan fingerprint density at radius 2 is 2.00 bits per heavy atom. The molecule has 2 unspecified atom stereocenters. The van der Waals surface area contributed by atoms with Gasteiger partial charge in [0.1, 0.15) is 5.75 Å². The van der Waals surface area contributed by atoms with E-state index >= 15 is 0 Å². The summed E-state index contributed by atoms with van der Waals surface area (Å²) in [5, 5.41) is 6.09. The minimum Gasteiger partial charge on any atom is -0.406 e. The van der Waals surface area contributed by atoms with Gasteiger partial charge in [0.05, 0.1) is 0 Å². The average Bonchev–Trinajstić information content (AvgIpc) is 2.40. The molecule has 21 heavy (non-hydrogen) atoms. The summed E-state index contributed by atoms with van der Waals surface area (Å²) < 4.78 is 39.9. The van der Waals surface area contributed by atoms with Gasteiger partial charge in [-0.15, -0.1) is 13.2 Å². The molecular formula is C14H17F3N2O2. The monoisotopic (exact) mass is 302 g/mol. The molecule has 2 N–H and O–H groups in total. The lowest BCUT2D eigenvalue weighted by Crippen LogP contribution is -2.50. The molecular weight excluding hydrogens is 285 g/mol. The molecule has 0 bridgehead atoms. The van der Waals surface area contributed by atoms with Crippen LogP contribution in [0.4, 0.5) is 13.2 Å². The van der Waals surface area contributed by atoms with E-state index in [1.54, 1.807) is 0 Å². The van der Waals surface area contributed by atoms with Crippen molar-refractivity contribution in [1.82, 2.24) is 10.6 Å². The topological polar surface area (TPSA) is 50.4 Å². The number of hydrogen-bond donors (Lipinski definition) is 2. The number of benzene rings is 1. The number of hydrogen-bond acceptors (Lipinski definition) is 3. The number of nitrogens with one attached hydrogen (secondary N) is 2. The molecule has 2 atom stereocenters. The van der Waals surface area contributed by atoms with Crippen LogP contribution in [0, 0.1) is 5.92 Å². The van der Waals surface area contributed by atoms with Gasteiger partial charge in [0.2, 0.25) is 0 Å². The Kier molecular flexibility index (Phi) is 4.72. The highest BCUT2D eigenvalue weighted by Crippen LogP contribution is 2.22. The van der Waals surface area contributed by atoms with Gasteiger partial charge in [0.15, 0.2) is 0 Å². The van der Waals surface area contributed by atoms with Crippen LogP contribution >= 0.6 is 0 Å². The number of ether oxygens (including phenoxy) is 1. The molecule has 4 nitrogen and oxygen atoms in total. The molecule has 1 aromatic rings. The lowest BCUT2D eigenvalue weighted by Gasteiger charge is -2.30. The summed E-state index contributed by atoms with van der Waals surface area (Å²) >= 11 is 0. The van der Waals surface area contributed by atoms with Gasteiger partial charge in [-0.25, -0.2) is 0 Å². The molecule has 0 radical (unpaired) electrons. The molecule has 1 heterocycles. The van der Waals surface area contributed by atoms with E-state index in [2.05, 4.69) is 22.3 Å². The van der Waals surface area contributed by atoms with Crippen molar-refractivity contribution < 1.29 is 22.7 Å². The van der Waals surface area contributed by atoms with Gasteiger partial charge >= 0.3 is 6.36 Å². The van der Waals surface area contributed by atoms with E-state index < -0.39 is 6.36 Å². The predicted molar refractivity (Wildman–Crippen MR) is 71.0 cm³/mol. The van der Waals surface area contributed by atoms with Crippen LogP contribution in [0.3, 0.4) is 0 Å². The van der Waals surface area contributed by atoms with Gasteiger partial charge in [0, 0.05) is 18.2 Å². The summed E-state index contributed by atoms with van der Waals surface area (Å²) in [4.78, 5) is 12.1. The average molecular weight is 302 g/mol. The Morgan fingerprint density at radius 3 is 2.57 bits per heavy atom. The fraction of sp³-hybridized carbons (Fsp3) is 0.500. The van der Waals surface area contributed by atoms with Crippen LogP contribution < -0.4 is 15.4 Å². The summed E-state index contributed by atoms with van der Waals surface area (Å²) in [6.07, 6.45) is -3.75. The zero-order valence-corrected chi connectivity index (χ0v) is 11.5. The maximum Gasteiger partial charge on any atom is 0.573 e. The van der Waals surface area contributed by atoms with E-state index in [-0.39, 0.29) is 17.7 Å². The lowest BCUT2D eigenvalue weighted by atomic mass is 9.94. The minimum atomic E-state index is -4.73. The molecule has 0 spiro atoms. The SMILES string of the molecule is CC1CCNCC1NC(=O)c1ccc(OC(F)(F)F)cc1. The second kappa shape index (κ2) is 6.34. The summed E-state index contributed by atoms with van der Waals surface area (Å²) in [6.45, 7) is 3.69. The van der Waals surface area contributed by atoms with Gasteiger partial charge in [-0.1, -0.05) is 6.92 Å². The van der Waals surface area contributed by atoms with Crippen LogP contribution in [0.5, 0.6) is 5.75 Å². The zero-order chi connectivity index (χ0) is 15.5. The number of amides is 1. The molecule has 1 amide bonds. The van der Waals surface area contributed by atoms with E-state index in [1.807, 2.05) is 0 Å². The highest BCUT2D eigenvalue weighted by Gasteiger charge is 2.31. The van der Waals surface area contributed by atoms with Gasteiger partial charge in [0.25, 0.3) is 5.91 Å². The van der Waals surface area contributed by atoms with E-state index in [1.165, 1.54) is 12.1 Å². The molecule has 1 aliphatic rings. The molecule has 0 saturated carbocycles. The fourth-order valence-electron chi connectivity index (χ4n) is 2.24. The van der Waals surface area contributed by atoms with Crippen molar-refractivity contribution in [2.45, 2.75) is 25.7 Å². The smallest absolute Gasteiger partial charge is 0.406 e. The van der Waals surface area contributed by atoms with Gasteiger partial charge in [-0.3, -0.25) is 4.79 Å². The largest absolute Gasteiger partial charge is 0.573 e. The van der Waals surface area contributed by atoms with E-state index in [0.29, 0.717) is 18.0 Å². The number of carbonyl (C=O) groups is 1. The first-order chi connectivity index (χ1) is 9.85. The third-order valence-corrected chi connectivity index (χ3v) is 3.49. The molecule has 2 rings (SSSR count). The number of carbonyl (C=O) groups excluding carboxylic acids is 1. The summed E-state index contributed by atoms with van der Waals surface area (Å²) in [7, 11) is 0. The second-order valence-electron chi connectivity index (χ2n) is 5.12. The van der Waals surface area contributed by atoms with Crippen molar-refractivity contribution in [2.75, 3.05) is 13.1 Å². The molecule has 1 saturated heterocycles. The number of piperidine rings is 1. The molecule has 1 fully saturated rings. The fourth-order valence-corrected chi connectivity index (χ4v) is 2.24. The highest BCUT2D eigenvalue weighted by atomic mass is 19.4. The first kappa shape index (κ1) is 15.6. The first-order valence-corrected chi connectivity index (χ1v) is 6.72. The van der Waals surface area contributed by atoms with Crippen molar-refractivity contribution in [3.63, 3.8) is 0 Å². The molecule has 0 aromatic heterocycles. The van der Waals surface area contributed by atoms with Gasteiger partial charge in [-0.05, 0) is 43.1 Å². The van der Waals surface area contributed by atoms with Crippen LogP contribution in [0.1, 0.15) is 23.7 Å². The third-order valence-electron chi connectivity index (χ3n) is 3.49. The first-order valence-electron chi connectivity index (χ1n) is 6.72. The normalized spacial score (nSPS) is 22.7. The number of halogens is 3. The van der Waals surface area contributed by atoms with Gasteiger partial charge < -0.3 is 15.4 Å². The van der Waals surface area contributed by atoms with Crippen LogP contribution in [0.15, 0.2) is 24.3 Å². The molecule has 0 aliphatic carbocycles. The third kappa shape index (κ3) is 4.63. The second-order valence-corrected chi connectivity index (χ2v) is 5.12. The molecule has 1 aromatic carbocycles. The van der Waals surface area contributed by atoms with Crippen molar-refractivity contribution in [3.05, 3.63) is 29.8 Å². The van der Waals surface area contributed by atoms with Crippen molar-refractivity contribution >= 4 is 5.91 Å². The minimum absolute atomic E-state index is 0.0253. The zero-order valence-electron chi connectivity index (χ0n) is 11.5. The van der Waals surface area contributed by atoms with Crippen LogP contribution in [-0.4, -0.2) is 31.4 Å². The Balaban J connectivity index is 1.96. The Labute approximate surface area is 120 Å². The number of alkyl halides is 3. The van der Waals surface area contributed by atoms with E-state index in [9.17, 15) is 18.0 Å². The Morgan fingerprint density at radius 1 is 1.33 bits per heavy atom. The quantitative estimate of drug-likeness (QED) is 0.901. The van der Waals surface area contributed by atoms with Crippen LogP contribution in [-0.2, 0) is 0 Å². The summed E-state index contributed by atoms with van der Waals surface area (Å²) in [5.74, 6) is -0.274. The van der Waals surface area contributed by atoms with E-state index in [4.69, 9.17) is 0 Å².